The van der Waals surface area contributed by atoms with Crippen LogP contribution in [0.15, 0.2) is 67.8 Å². The molecule has 13 heteroatoms. The number of fused-ring (bicyclic) bond motifs is 1. The number of methoxy groups -OCH3 is 1. The van der Waals surface area contributed by atoms with E-state index in [1.807, 2.05) is 38.4 Å². The largest absolute Gasteiger partial charge is 0.370 e. The molecule has 0 aromatic carbocycles. The van der Waals surface area contributed by atoms with Gasteiger partial charge in [-0.05, 0) is 24.6 Å². The standard InChI is InChI=1S/C30H31FN10O2/c1-20(21-4-5-26(33-16-21)39-10-12-41(31)13-11-39)36-29(42)30(43-3)6-8-40(9-7-30)27-22(15-32)17-34-28-24(27)14-25(37-28)23-18-35-38(2)19-23/h4-5,10-14,16-20H,6-9H2,1-3H3,(H,34,37)(H,36,42)/t20-/m0/s1. The molecular formula is C30H31FN10O2. The number of pyridine rings is 2. The molecule has 0 spiro atoms. The molecule has 0 aliphatic carbocycles. The fourth-order valence-corrected chi connectivity index (χ4v) is 5.56. The highest BCUT2D eigenvalue weighted by atomic mass is 19.2. The summed E-state index contributed by atoms with van der Waals surface area (Å²) >= 11 is 0. The lowest BCUT2D eigenvalue weighted by Gasteiger charge is -2.41. The van der Waals surface area contributed by atoms with Crippen molar-refractivity contribution < 1.29 is 14.0 Å². The minimum absolute atomic E-state index is 0.197. The van der Waals surface area contributed by atoms with Crippen LogP contribution in [-0.4, -0.2) is 61.6 Å². The first-order valence-electron chi connectivity index (χ1n) is 13.9. The highest BCUT2D eigenvalue weighted by Gasteiger charge is 2.43. The predicted octanol–water partition coefficient (Wildman–Crippen LogP) is 4.04. The van der Waals surface area contributed by atoms with Crippen LogP contribution < -0.4 is 15.1 Å². The maximum Gasteiger partial charge on any atom is 0.252 e. The molecule has 2 aliphatic heterocycles. The summed E-state index contributed by atoms with van der Waals surface area (Å²) in [5, 5.41) is 18.6. The number of aryl methyl sites for hydroxylation is 1. The third kappa shape index (κ3) is 5.28. The van der Waals surface area contributed by atoms with Gasteiger partial charge in [-0.3, -0.25) is 9.48 Å². The van der Waals surface area contributed by atoms with Crippen molar-refractivity contribution in [2.45, 2.75) is 31.4 Å². The molecule has 1 saturated heterocycles. The molecule has 0 radical (unpaired) electrons. The second-order valence-corrected chi connectivity index (χ2v) is 10.7. The number of rotatable bonds is 7. The Morgan fingerprint density at radius 2 is 1.93 bits per heavy atom. The zero-order chi connectivity index (χ0) is 30.1. The van der Waals surface area contributed by atoms with Crippen LogP contribution in [0.25, 0.3) is 22.3 Å². The fourth-order valence-electron chi connectivity index (χ4n) is 5.56. The van der Waals surface area contributed by atoms with Gasteiger partial charge in [0.15, 0.2) is 0 Å². The Balaban J connectivity index is 1.16. The Bertz CT molecular complexity index is 1730. The van der Waals surface area contributed by atoms with E-state index in [4.69, 9.17) is 4.74 Å². The van der Waals surface area contributed by atoms with Crippen molar-refractivity contribution in [3.63, 3.8) is 0 Å². The zero-order valence-electron chi connectivity index (χ0n) is 24.0. The number of aromatic nitrogens is 5. The molecule has 0 saturated carbocycles. The van der Waals surface area contributed by atoms with Crippen molar-refractivity contribution in [2.24, 2.45) is 7.05 Å². The van der Waals surface area contributed by atoms with Crippen LogP contribution in [0.4, 0.5) is 16.0 Å². The molecule has 6 heterocycles. The number of hydrogen-bond donors (Lipinski definition) is 2. The van der Waals surface area contributed by atoms with Crippen molar-refractivity contribution in [3.8, 4) is 17.3 Å². The molecule has 1 atom stereocenters. The molecule has 1 amide bonds. The summed E-state index contributed by atoms with van der Waals surface area (Å²) in [7, 11) is 3.42. The van der Waals surface area contributed by atoms with Gasteiger partial charge in [-0.2, -0.15) is 15.5 Å². The van der Waals surface area contributed by atoms with E-state index < -0.39 is 5.60 Å². The number of nitrogens with zero attached hydrogens (tertiary/aromatic N) is 8. The Kier molecular flexibility index (Phi) is 7.29. The van der Waals surface area contributed by atoms with Crippen LogP contribution >= 0.6 is 0 Å². The third-order valence-electron chi connectivity index (χ3n) is 8.08. The van der Waals surface area contributed by atoms with Gasteiger partial charge in [0.2, 0.25) is 0 Å². The van der Waals surface area contributed by atoms with Gasteiger partial charge in [-0.15, -0.1) is 0 Å². The van der Waals surface area contributed by atoms with Crippen LogP contribution in [0.2, 0.25) is 0 Å². The van der Waals surface area contributed by atoms with Gasteiger partial charge < -0.3 is 24.8 Å². The molecule has 0 unspecified atom stereocenters. The van der Waals surface area contributed by atoms with E-state index in [-0.39, 0.29) is 11.9 Å². The summed E-state index contributed by atoms with van der Waals surface area (Å²) in [5.41, 5.74) is 3.54. The number of ether oxygens (including phenoxy) is 1. The smallest absolute Gasteiger partial charge is 0.252 e. The van der Waals surface area contributed by atoms with Crippen LogP contribution in [0, 0.1) is 11.3 Å². The third-order valence-corrected chi connectivity index (χ3v) is 8.08. The van der Waals surface area contributed by atoms with E-state index >= 15 is 0 Å². The van der Waals surface area contributed by atoms with E-state index in [1.54, 1.807) is 47.7 Å². The average Bonchev–Trinajstić information content (AvgIpc) is 3.67. The summed E-state index contributed by atoms with van der Waals surface area (Å²) in [5.74, 6) is 0.428. The Morgan fingerprint density at radius 3 is 2.56 bits per heavy atom. The van der Waals surface area contributed by atoms with Gasteiger partial charge in [-0.25, -0.2) is 9.97 Å². The predicted molar refractivity (Wildman–Crippen MR) is 159 cm³/mol. The molecule has 43 heavy (non-hydrogen) atoms. The van der Waals surface area contributed by atoms with Gasteiger partial charge >= 0.3 is 0 Å². The van der Waals surface area contributed by atoms with Crippen LogP contribution in [0.1, 0.15) is 36.9 Å². The Morgan fingerprint density at radius 1 is 1.16 bits per heavy atom. The monoisotopic (exact) mass is 582 g/mol. The van der Waals surface area contributed by atoms with Crippen LogP contribution in [-0.2, 0) is 16.6 Å². The van der Waals surface area contributed by atoms with Gasteiger partial charge in [0.25, 0.3) is 5.91 Å². The number of piperidine rings is 1. The van der Waals surface area contributed by atoms with E-state index in [0.29, 0.717) is 48.1 Å². The zero-order valence-corrected chi connectivity index (χ0v) is 24.0. The molecular weight excluding hydrogens is 551 g/mol. The fraction of sp³-hybridized carbons (Fsp3) is 0.300. The summed E-state index contributed by atoms with van der Waals surface area (Å²) in [4.78, 5) is 29.7. The van der Waals surface area contributed by atoms with Crippen molar-refractivity contribution in [2.75, 3.05) is 30.0 Å². The number of aromatic amines is 1. The van der Waals surface area contributed by atoms with Crippen LogP contribution in [0.3, 0.4) is 0 Å². The molecule has 1 fully saturated rings. The van der Waals surface area contributed by atoms with E-state index in [9.17, 15) is 14.5 Å². The number of H-pyrrole nitrogens is 1. The number of hydrogen-bond acceptors (Lipinski definition) is 9. The molecule has 4 aromatic rings. The minimum Gasteiger partial charge on any atom is -0.370 e. The molecule has 0 bridgehead atoms. The first-order chi connectivity index (χ1) is 20.8. The number of halogens is 1. The molecule has 6 rings (SSSR count). The van der Waals surface area contributed by atoms with Crippen molar-refractivity contribution in [1.82, 2.24) is 35.2 Å². The Labute approximate surface area is 247 Å². The number of carbonyl (C=O) groups excluding carboxylic acids is 1. The summed E-state index contributed by atoms with van der Waals surface area (Å²) < 4.78 is 20.8. The van der Waals surface area contributed by atoms with Gasteiger partial charge in [-0.1, -0.05) is 10.5 Å². The molecule has 4 aromatic heterocycles. The highest BCUT2D eigenvalue weighted by molar-refractivity contribution is 5.96. The summed E-state index contributed by atoms with van der Waals surface area (Å²) in [6.45, 7) is 2.92. The minimum atomic E-state index is -1.02. The summed E-state index contributed by atoms with van der Waals surface area (Å²) in [6, 6.07) is 7.66. The van der Waals surface area contributed by atoms with E-state index in [0.717, 1.165) is 27.9 Å². The van der Waals surface area contributed by atoms with Crippen molar-refractivity contribution >= 4 is 28.4 Å². The number of carbonyl (C=O) groups is 1. The molecule has 12 nitrogen and oxygen atoms in total. The maximum atomic E-state index is 13.6. The first kappa shape index (κ1) is 27.9. The molecule has 2 N–H and O–H groups in total. The van der Waals surface area contributed by atoms with Gasteiger partial charge in [0.05, 0.1) is 41.6 Å². The normalized spacial score (nSPS) is 16.9. The van der Waals surface area contributed by atoms with Crippen LogP contribution in [0.5, 0.6) is 0 Å². The number of nitriles is 1. The first-order valence-corrected chi connectivity index (χ1v) is 13.9. The highest BCUT2D eigenvalue weighted by Crippen LogP contribution is 2.37. The van der Waals surface area contributed by atoms with Crippen molar-refractivity contribution in [3.05, 3.63) is 78.9 Å². The SMILES string of the molecule is COC1(C(=O)N[C@@H](C)c2ccc(N3C=CN(F)C=C3)nc2)CCN(c2c(C#N)cnc3[nH]c(-c4cnn(C)c4)cc23)CC1. The number of anilines is 2. The van der Waals surface area contributed by atoms with E-state index in [1.165, 1.54) is 12.4 Å². The number of nitrogens with one attached hydrogen (secondary N) is 2. The molecule has 220 valence electrons. The van der Waals surface area contributed by atoms with Crippen molar-refractivity contribution in [1.29, 1.82) is 5.26 Å². The lowest BCUT2D eigenvalue weighted by atomic mass is 9.89. The van der Waals surface area contributed by atoms with Gasteiger partial charge in [0.1, 0.15) is 23.1 Å². The summed E-state index contributed by atoms with van der Waals surface area (Å²) in [6.07, 6.45) is 13.5. The topological polar surface area (TPSA) is 131 Å². The lowest BCUT2D eigenvalue weighted by Crippen LogP contribution is -2.55. The lowest BCUT2D eigenvalue weighted by molar-refractivity contribution is -0.146. The Hall–Kier alpha value is -5.22. The second kappa shape index (κ2) is 11.2. The second-order valence-electron chi connectivity index (χ2n) is 10.7. The average molecular weight is 583 g/mol. The molecule has 2 aliphatic rings. The quantitative estimate of drug-likeness (QED) is 0.310. The maximum absolute atomic E-state index is 13.6. The number of amides is 1. The van der Waals surface area contributed by atoms with Gasteiger partial charge in [0, 0.05) is 82.0 Å². The van der Waals surface area contributed by atoms with E-state index in [2.05, 4.69) is 36.3 Å².